The van der Waals surface area contributed by atoms with Crippen LogP contribution in [0.4, 0.5) is 0 Å². The minimum Gasteiger partial charge on any atom is -0.325 e. The number of hydrogen-bond acceptors (Lipinski definition) is 3. The molecule has 1 unspecified atom stereocenters. The molecule has 0 amide bonds. The van der Waals surface area contributed by atoms with E-state index in [1.165, 1.54) is 5.69 Å². The van der Waals surface area contributed by atoms with Gasteiger partial charge in [0.15, 0.2) is 5.15 Å². The van der Waals surface area contributed by atoms with E-state index in [1.807, 2.05) is 12.5 Å². The first-order valence-corrected chi connectivity index (χ1v) is 5.71. The number of aromatic nitrogens is 4. The molecule has 0 N–H and O–H groups in total. The monoisotopic (exact) mass is 234 g/mol. The lowest BCUT2D eigenvalue weighted by molar-refractivity contribution is 0.448. The molecule has 0 radical (unpaired) electrons. The van der Waals surface area contributed by atoms with Gasteiger partial charge in [0, 0.05) is 24.3 Å². The van der Waals surface area contributed by atoms with Gasteiger partial charge in [-0.05, 0) is 19.3 Å². The Labute approximate surface area is 98.3 Å². The standard InChI is InChI=1S/C11H11ClN4/c12-11-10(14-4-5-15-11)9-3-1-2-8-6-13-7-16(8)9/h4-7,9H,1-3H2. The van der Waals surface area contributed by atoms with Crippen molar-refractivity contribution >= 4 is 11.6 Å². The summed E-state index contributed by atoms with van der Waals surface area (Å²) in [4.78, 5) is 12.6. The first-order valence-electron chi connectivity index (χ1n) is 5.33. The summed E-state index contributed by atoms with van der Waals surface area (Å²) in [6, 6.07) is 0.187. The zero-order chi connectivity index (χ0) is 11.0. The van der Waals surface area contributed by atoms with Crippen LogP contribution in [0.3, 0.4) is 0 Å². The van der Waals surface area contributed by atoms with E-state index >= 15 is 0 Å². The van der Waals surface area contributed by atoms with Crippen molar-refractivity contribution in [3.63, 3.8) is 0 Å². The van der Waals surface area contributed by atoms with Crippen LogP contribution in [-0.4, -0.2) is 19.5 Å². The van der Waals surface area contributed by atoms with Gasteiger partial charge in [0.1, 0.15) is 5.69 Å². The predicted octanol–water partition coefficient (Wildman–Crippen LogP) is 2.25. The highest BCUT2D eigenvalue weighted by Crippen LogP contribution is 2.31. The molecule has 0 fully saturated rings. The summed E-state index contributed by atoms with van der Waals surface area (Å²) < 4.78 is 2.15. The van der Waals surface area contributed by atoms with Crippen LogP contribution in [-0.2, 0) is 6.42 Å². The number of imidazole rings is 1. The van der Waals surface area contributed by atoms with Crippen molar-refractivity contribution in [2.75, 3.05) is 0 Å². The largest absolute Gasteiger partial charge is 0.325 e. The molecule has 0 aliphatic carbocycles. The van der Waals surface area contributed by atoms with Crippen molar-refractivity contribution < 1.29 is 0 Å². The lowest BCUT2D eigenvalue weighted by atomic mass is 10.0. The van der Waals surface area contributed by atoms with Crippen LogP contribution in [0.5, 0.6) is 0 Å². The second-order valence-electron chi connectivity index (χ2n) is 3.93. The maximum atomic E-state index is 6.08. The summed E-state index contributed by atoms with van der Waals surface area (Å²) in [7, 11) is 0. The number of fused-ring (bicyclic) bond motifs is 1. The van der Waals surface area contributed by atoms with Crippen molar-refractivity contribution in [1.82, 2.24) is 19.5 Å². The summed E-state index contributed by atoms with van der Waals surface area (Å²) in [6.45, 7) is 0. The van der Waals surface area contributed by atoms with E-state index in [0.717, 1.165) is 25.0 Å². The molecule has 16 heavy (non-hydrogen) atoms. The Kier molecular flexibility index (Phi) is 2.36. The van der Waals surface area contributed by atoms with E-state index in [0.29, 0.717) is 5.15 Å². The quantitative estimate of drug-likeness (QED) is 0.760. The number of hydrogen-bond donors (Lipinski definition) is 0. The summed E-state index contributed by atoms with van der Waals surface area (Å²) in [5, 5.41) is 0.494. The van der Waals surface area contributed by atoms with Gasteiger partial charge in [-0.2, -0.15) is 0 Å². The zero-order valence-corrected chi connectivity index (χ0v) is 9.43. The molecule has 4 nitrogen and oxygen atoms in total. The fourth-order valence-electron chi connectivity index (χ4n) is 2.25. The van der Waals surface area contributed by atoms with Gasteiger partial charge in [-0.3, -0.25) is 4.98 Å². The molecule has 0 spiro atoms. The molecule has 5 heteroatoms. The third-order valence-corrected chi connectivity index (χ3v) is 3.28. The molecule has 1 atom stereocenters. The zero-order valence-electron chi connectivity index (χ0n) is 8.67. The highest BCUT2D eigenvalue weighted by atomic mass is 35.5. The summed E-state index contributed by atoms with van der Waals surface area (Å²) in [5.74, 6) is 0. The van der Waals surface area contributed by atoms with Crippen molar-refractivity contribution in [2.24, 2.45) is 0 Å². The molecule has 2 aromatic heterocycles. The average molecular weight is 235 g/mol. The summed E-state index contributed by atoms with van der Waals surface area (Å²) in [6.07, 6.45) is 10.3. The minimum atomic E-state index is 0.187. The first-order chi connectivity index (χ1) is 7.86. The molecule has 82 valence electrons. The van der Waals surface area contributed by atoms with Crippen LogP contribution in [0.1, 0.15) is 30.3 Å². The van der Waals surface area contributed by atoms with Crippen LogP contribution in [0.2, 0.25) is 5.15 Å². The second kappa shape index (κ2) is 3.87. The SMILES string of the molecule is Clc1nccnc1C1CCCc2cncn21. The van der Waals surface area contributed by atoms with Crippen LogP contribution in [0.15, 0.2) is 24.9 Å². The van der Waals surface area contributed by atoms with Gasteiger partial charge in [0.2, 0.25) is 0 Å². The lowest BCUT2D eigenvalue weighted by Crippen LogP contribution is -2.19. The van der Waals surface area contributed by atoms with Crippen molar-refractivity contribution in [3.8, 4) is 0 Å². The summed E-state index contributed by atoms with van der Waals surface area (Å²) >= 11 is 6.08. The molecular weight excluding hydrogens is 224 g/mol. The van der Waals surface area contributed by atoms with E-state index in [2.05, 4.69) is 19.5 Å². The fourth-order valence-corrected chi connectivity index (χ4v) is 2.48. The molecule has 0 saturated heterocycles. The molecule has 2 aromatic rings. The Hall–Kier alpha value is -1.42. The smallest absolute Gasteiger partial charge is 0.152 e. The van der Waals surface area contributed by atoms with E-state index in [9.17, 15) is 0 Å². The Morgan fingerprint density at radius 1 is 1.31 bits per heavy atom. The molecular formula is C11H11ClN4. The predicted molar refractivity (Wildman–Crippen MR) is 60.3 cm³/mol. The normalized spacial score (nSPS) is 19.4. The van der Waals surface area contributed by atoms with Gasteiger partial charge in [0.25, 0.3) is 0 Å². The van der Waals surface area contributed by atoms with Gasteiger partial charge in [-0.1, -0.05) is 11.6 Å². The Morgan fingerprint density at radius 3 is 3.06 bits per heavy atom. The first kappa shape index (κ1) is 9.78. The highest BCUT2D eigenvalue weighted by Gasteiger charge is 2.24. The third-order valence-electron chi connectivity index (χ3n) is 2.99. The van der Waals surface area contributed by atoms with Gasteiger partial charge < -0.3 is 4.57 Å². The molecule has 1 aliphatic rings. The van der Waals surface area contributed by atoms with E-state index < -0.39 is 0 Å². The Morgan fingerprint density at radius 2 is 2.19 bits per heavy atom. The Bertz CT molecular complexity index is 508. The molecule has 3 heterocycles. The summed E-state index contributed by atoms with van der Waals surface area (Å²) in [5.41, 5.74) is 2.10. The average Bonchev–Trinajstić information content (AvgIpc) is 2.77. The number of aryl methyl sites for hydroxylation is 1. The molecule has 0 bridgehead atoms. The molecule has 0 saturated carbocycles. The number of rotatable bonds is 1. The molecule has 0 aromatic carbocycles. The topological polar surface area (TPSA) is 43.6 Å². The minimum absolute atomic E-state index is 0.187. The van der Waals surface area contributed by atoms with E-state index in [1.54, 1.807) is 12.4 Å². The second-order valence-corrected chi connectivity index (χ2v) is 4.29. The Balaban J connectivity index is 2.08. The van der Waals surface area contributed by atoms with Crippen molar-refractivity contribution in [1.29, 1.82) is 0 Å². The van der Waals surface area contributed by atoms with Crippen molar-refractivity contribution in [2.45, 2.75) is 25.3 Å². The van der Waals surface area contributed by atoms with Crippen LogP contribution in [0, 0.1) is 0 Å². The third kappa shape index (κ3) is 1.50. The highest BCUT2D eigenvalue weighted by molar-refractivity contribution is 6.30. The maximum absolute atomic E-state index is 6.08. The van der Waals surface area contributed by atoms with Crippen molar-refractivity contribution in [3.05, 3.63) is 41.5 Å². The van der Waals surface area contributed by atoms with Gasteiger partial charge >= 0.3 is 0 Å². The van der Waals surface area contributed by atoms with Gasteiger partial charge in [-0.15, -0.1) is 0 Å². The van der Waals surface area contributed by atoms with Crippen LogP contribution >= 0.6 is 11.6 Å². The lowest BCUT2D eigenvalue weighted by Gasteiger charge is -2.25. The van der Waals surface area contributed by atoms with E-state index in [-0.39, 0.29) is 6.04 Å². The molecule has 1 aliphatic heterocycles. The number of halogens is 1. The van der Waals surface area contributed by atoms with Crippen LogP contribution < -0.4 is 0 Å². The van der Waals surface area contributed by atoms with Gasteiger partial charge in [-0.25, -0.2) is 9.97 Å². The number of nitrogens with zero attached hydrogens (tertiary/aromatic N) is 4. The molecule has 3 rings (SSSR count). The maximum Gasteiger partial charge on any atom is 0.152 e. The van der Waals surface area contributed by atoms with Gasteiger partial charge in [0.05, 0.1) is 12.4 Å². The van der Waals surface area contributed by atoms with E-state index in [4.69, 9.17) is 11.6 Å². The fraction of sp³-hybridized carbons (Fsp3) is 0.364. The van der Waals surface area contributed by atoms with Crippen LogP contribution in [0.25, 0.3) is 0 Å².